The average molecular weight is 422 g/mol. The predicted octanol–water partition coefficient (Wildman–Crippen LogP) is 3.29. The van der Waals surface area contributed by atoms with Crippen molar-refractivity contribution in [3.63, 3.8) is 0 Å². The third-order valence-electron chi connectivity index (χ3n) is 4.69. The summed E-state index contributed by atoms with van der Waals surface area (Å²) in [5, 5.41) is 12.9. The van der Waals surface area contributed by atoms with Crippen LogP contribution in [-0.2, 0) is 9.59 Å². The van der Waals surface area contributed by atoms with Crippen LogP contribution in [0.1, 0.15) is 59.8 Å². The highest BCUT2D eigenvalue weighted by molar-refractivity contribution is 6.03. The quantitative estimate of drug-likeness (QED) is 0.228. The minimum Gasteiger partial charge on any atom is -0.390 e. The van der Waals surface area contributed by atoms with Gasteiger partial charge in [-0.25, -0.2) is 0 Å². The van der Waals surface area contributed by atoms with E-state index < -0.39 is 6.10 Å². The van der Waals surface area contributed by atoms with Crippen LogP contribution in [0.2, 0.25) is 0 Å². The molecule has 2 N–H and O–H groups in total. The number of nitrogens with one attached hydrogen (secondary N) is 1. The first-order valence-corrected chi connectivity index (χ1v) is 11.2. The van der Waals surface area contributed by atoms with E-state index in [1.807, 2.05) is 27.8 Å². The van der Waals surface area contributed by atoms with Gasteiger partial charge in [-0.1, -0.05) is 51.8 Å². The van der Waals surface area contributed by atoms with Gasteiger partial charge < -0.3 is 20.2 Å². The lowest BCUT2D eigenvalue weighted by Gasteiger charge is -2.22. The summed E-state index contributed by atoms with van der Waals surface area (Å²) in [6, 6.07) is 0. The van der Waals surface area contributed by atoms with Gasteiger partial charge in [-0.2, -0.15) is 0 Å². The topological polar surface area (TPSA) is 72.9 Å². The number of likely N-dealkylation sites (N-methyl/N-ethyl adjacent to an activating group) is 1. The molecule has 6 heteroatoms. The first-order chi connectivity index (χ1) is 14.3. The molecule has 0 bridgehead atoms. The number of hydrogen-bond acceptors (Lipinski definition) is 4. The Hall–Kier alpha value is -1.92. The van der Waals surface area contributed by atoms with E-state index in [2.05, 4.69) is 23.7 Å². The number of allylic oxidation sites excluding steroid dienone is 2. The predicted molar refractivity (Wildman–Crippen MR) is 125 cm³/mol. The third kappa shape index (κ3) is 12.6. The van der Waals surface area contributed by atoms with Gasteiger partial charge in [0.05, 0.1) is 6.10 Å². The van der Waals surface area contributed by atoms with Gasteiger partial charge >= 0.3 is 0 Å². The standard InChI is InChI=1S/C24H43N3O3/c1-7-11-12-15-26(6)19-22(28)18-25-23(29)17-21(16-20(5)10-4)24(30)27(13-8-2)14-9-3/h10,16-17,22,28H,4,7-9,11-15,18-19H2,1-3,5-6H3,(H,25,29)/b20-16-,21-17+. The van der Waals surface area contributed by atoms with Crippen LogP contribution in [0, 0.1) is 0 Å². The number of rotatable bonds is 16. The summed E-state index contributed by atoms with van der Waals surface area (Å²) in [5.74, 6) is -0.543. The van der Waals surface area contributed by atoms with E-state index in [1.54, 1.807) is 17.1 Å². The molecule has 6 nitrogen and oxygen atoms in total. The molecule has 0 aliphatic carbocycles. The van der Waals surface area contributed by atoms with Crippen molar-refractivity contribution in [2.75, 3.05) is 39.8 Å². The largest absolute Gasteiger partial charge is 0.390 e. The molecule has 30 heavy (non-hydrogen) atoms. The number of carbonyl (C=O) groups excluding carboxylic acids is 2. The van der Waals surface area contributed by atoms with Crippen molar-refractivity contribution in [2.24, 2.45) is 0 Å². The second-order valence-corrected chi connectivity index (χ2v) is 7.85. The Morgan fingerprint density at radius 1 is 1.03 bits per heavy atom. The summed E-state index contributed by atoms with van der Waals surface area (Å²) >= 11 is 0. The summed E-state index contributed by atoms with van der Waals surface area (Å²) in [7, 11) is 1.97. The second kappa shape index (κ2) is 16.8. The molecule has 2 amide bonds. The summed E-state index contributed by atoms with van der Waals surface area (Å²) in [6.45, 7) is 14.6. The van der Waals surface area contributed by atoms with Crippen LogP contribution in [0.3, 0.4) is 0 Å². The second-order valence-electron chi connectivity index (χ2n) is 7.85. The number of amides is 2. The first-order valence-electron chi connectivity index (χ1n) is 11.2. The zero-order valence-electron chi connectivity index (χ0n) is 19.7. The van der Waals surface area contributed by atoms with Gasteiger partial charge in [-0.05, 0) is 45.9 Å². The Morgan fingerprint density at radius 3 is 2.20 bits per heavy atom. The molecule has 0 saturated heterocycles. The number of aliphatic hydroxyl groups excluding tert-OH is 1. The van der Waals surface area contributed by atoms with Crippen LogP contribution in [0.25, 0.3) is 0 Å². The van der Waals surface area contributed by atoms with Crippen molar-refractivity contribution in [3.8, 4) is 0 Å². The Kier molecular flexibility index (Phi) is 15.8. The molecule has 0 aliphatic rings. The van der Waals surface area contributed by atoms with Crippen molar-refractivity contribution < 1.29 is 14.7 Å². The SMILES string of the molecule is C=C/C(C)=C\C(=C/C(=O)NCC(O)CN(C)CCCCC)C(=O)N(CCC)CCC. The molecule has 0 fully saturated rings. The number of hydrogen-bond donors (Lipinski definition) is 2. The molecule has 0 saturated carbocycles. The molecule has 172 valence electrons. The fraction of sp³-hybridized carbons (Fsp3) is 0.667. The lowest BCUT2D eigenvalue weighted by Crippen LogP contribution is -2.39. The molecule has 0 spiro atoms. The van der Waals surface area contributed by atoms with Gasteiger partial charge in [-0.3, -0.25) is 9.59 Å². The van der Waals surface area contributed by atoms with Gasteiger partial charge in [0.15, 0.2) is 0 Å². The van der Waals surface area contributed by atoms with E-state index in [9.17, 15) is 14.7 Å². The zero-order valence-corrected chi connectivity index (χ0v) is 19.7. The van der Waals surface area contributed by atoms with Gasteiger partial charge in [0.25, 0.3) is 5.91 Å². The molecule has 1 unspecified atom stereocenters. The highest BCUT2D eigenvalue weighted by atomic mass is 16.3. The normalized spacial score (nSPS) is 13.3. The maximum Gasteiger partial charge on any atom is 0.254 e. The number of aliphatic hydroxyl groups is 1. The molecule has 0 rings (SSSR count). The van der Waals surface area contributed by atoms with Crippen LogP contribution >= 0.6 is 0 Å². The Bertz CT molecular complexity index is 578. The van der Waals surface area contributed by atoms with E-state index in [1.165, 1.54) is 12.5 Å². The maximum atomic E-state index is 13.0. The monoisotopic (exact) mass is 421 g/mol. The van der Waals surface area contributed by atoms with E-state index in [0.29, 0.717) is 25.2 Å². The molecule has 0 aromatic rings. The van der Waals surface area contributed by atoms with Crippen LogP contribution in [0.15, 0.2) is 36.0 Å². The van der Waals surface area contributed by atoms with E-state index in [-0.39, 0.29) is 18.4 Å². The molecule has 1 atom stereocenters. The number of nitrogens with zero attached hydrogens (tertiary/aromatic N) is 2. The Balaban J connectivity index is 5.04. The molecule has 0 aromatic heterocycles. The van der Waals surface area contributed by atoms with Crippen LogP contribution in [0.5, 0.6) is 0 Å². The average Bonchev–Trinajstić information content (AvgIpc) is 2.71. The Labute approximate surface area is 183 Å². The van der Waals surface area contributed by atoms with Gasteiger partial charge in [0, 0.05) is 37.8 Å². The molecule has 0 aliphatic heterocycles. The minimum atomic E-state index is -0.657. The van der Waals surface area contributed by atoms with Crippen molar-refractivity contribution >= 4 is 11.8 Å². The molecule has 0 radical (unpaired) electrons. The van der Waals surface area contributed by atoms with Crippen LogP contribution in [-0.4, -0.2) is 72.6 Å². The van der Waals surface area contributed by atoms with E-state index >= 15 is 0 Å². The van der Waals surface area contributed by atoms with E-state index in [0.717, 1.165) is 37.8 Å². The van der Waals surface area contributed by atoms with Gasteiger partial charge in [0.1, 0.15) is 0 Å². The molecular formula is C24H43N3O3. The van der Waals surface area contributed by atoms with Crippen LogP contribution < -0.4 is 5.32 Å². The van der Waals surface area contributed by atoms with E-state index in [4.69, 9.17) is 0 Å². The molecule has 0 aromatic carbocycles. The summed E-state index contributed by atoms with van der Waals surface area (Å²) in [4.78, 5) is 29.2. The number of unbranched alkanes of at least 4 members (excludes halogenated alkanes) is 2. The first kappa shape index (κ1) is 28.1. The van der Waals surface area contributed by atoms with Gasteiger partial charge in [-0.15, -0.1) is 0 Å². The summed E-state index contributed by atoms with van der Waals surface area (Å²) < 4.78 is 0. The van der Waals surface area contributed by atoms with Crippen molar-refractivity contribution in [2.45, 2.75) is 65.9 Å². The zero-order chi connectivity index (χ0) is 22.9. The van der Waals surface area contributed by atoms with Crippen molar-refractivity contribution in [1.29, 1.82) is 0 Å². The maximum absolute atomic E-state index is 13.0. The summed E-state index contributed by atoms with van der Waals surface area (Å²) in [6.07, 6.45) is 9.15. The van der Waals surface area contributed by atoms with Crippen LogP contribution in [0.4, 0.5) is 0 Å². The fourth-order valence-electron chi connectivity index (χ4n) is 3.06. The van der Waals surface area contributed by atoms with Gasteiger partial charge in [0.2, 0.25) is 5.91 Å². The molecular weight excluding hydrogens is 378 g/mol. The van der Waals surface area contributed by atoms with Crippen molar-refractivity contribution in [1.82, 2.24) is 15.1 Å². The third-order valence-corrected chi connectivity index (χ3v) is 4.69. The smallest absolute Gasteiger partial charge is 0.254 e. The fourth-order valence-corrected chi connectivity index (χ4v) is 3.06. The molecule has 0 heterocycles. The summed E-state index contributed by atoms with van der Waals surface area (Å²) in [5.41, 5.74) is 1.14. The van der Waals surface area contributed by atoms with Crippen molar-refractivity contribution in [3.05, 3.63) is 36.0 Å². The minimum absolute atomic E-state index is 0.146. The highest BCUT2D eigenvalue weighted by Crippen LogP contribution is 2.10. The lowest BCUT2D eigenvalue weighted by molar-refractivity contribution is -0.127. The Morgan fingerprint density at radius 2 is 1.67 bits per heavy atom. The lowest BCUT2D eigenvalue weighted by atomic mass is 10.1. The number of carbonyl (C=O) groups is 2. The highest BCUT2D eigenvalue weighted by Gasteiger charge is 2.17.